The van der Waals surface area contributed by atoms with Gasteiger partial charge < -0.3 is 15.0 Å². The van der Waals surface area contributed by atoms with Crippen LogP contribution in [0.15, 0.2) is 48.5 Å². The molecule has 2 amide bonds. The zero-order valence-corrected chi connectivity index (χ0v) is 13.8. The van der Waals surface area contributed by atoms with Gasteiger partial charge in [-0.2, -0.15) is 0 Å². The summed E-state index contributed by atoms with van der Waals surface area (Å²) >= 11 is 0. The number of methoxy groups -OCH3 is 1. The third-order valence-electron chi connectivity index (χ3n) is 4.30. The van der Waals surface area contributed by atoms with Crippen LogP contribution in [0.5, 0.6) is 5.75 Å². The minimum atomic E-state index is -0.518. The zero-order valence-electron chi connectivity index (χ0n) is 13.8. The first-order valence-electron chi connectivity index (χ1n) is 7.89. The highest BCUT2D eigenvalue weighted by molar-refractivity contribution is 6.00. The molecule has 5 heteroatoms. The van der Waals surface area contributed by atoms with Gasteiger partial charge in [0.05, 0.1) is 7.11 Å². The van der Waals surface area contributed by atoms with Crippen LogP contribution in [0.2, 0.25) is 0 Å². The SMILES string of the molecule is COc1cccc(CNC(=O)[C@H](C)N2Cc3ccccc3C2=O)c1. The topological polar surface area (TPSA) is 58.6 Å². The number of nitrogens with one attached hydrogen (secondary N) is 1. The van der Waals surface area contributed by atoms with E-state index in [9.17, 15) is 9.59 Å². The van der Waals surface area contributed by atoms with E-state index in [0.717, 1.165) is 16.9 Å². The Morgan fingerprint density at radius 3 is 2.79 bits per heavy atom. The highest BCUT2D eigenvalue weighted by atomic mass is 16.5. The summed E-state index contributed by atoms with van der Waals surface area (Å²) in [6, 6.07) is 14.5. The number of fused-ring (bicyclic) bond motifs is 1. The van der Waals surface area contributed by atoms with Crippen molar-refractivity contribution < 1.29 is 14.3 Å². The fourth-order valence-corrected chi connectivity index (χ4v) is 2.85. The average molecular weight is 324 g/mol. The molecular formula is C19H20N2O3. The second kappa shape index (κ2) is 6.74. The van der Waals surface area contributed by atoms with Crippen molar-refractivity contribution in [3.8, 4) is 5.75 Å². The molecule has 0 fully saturated rings. The average Bonchev–Trinajstić information content (AvgIpc) is 2.96. The Morgan fingerprint density at radius 1 is 1.25 bits per heavy atom. The largest absolute Gasteiger partial charge is 0.497 e. The minimum Gasteiger partial charge on any atom is -0.497 e. The highest BCUT2D eigenvalue weighted by Crippen LogP contribution is 2.24. The van der Waals surface area contributed by atoms with Gasteiger partial charge in [-0.3, -0.25) is 9.59 Å². The molecule has 0 spiro atoms. The number of hydrogen-bond acceptors (Lipinski definition) is 3. The van der Waals surface area contributed by atoms with Crippen LogP contribution in [0.1, 0.15) is 28.4 Å². The Kier molecular flexibility index (Phi) is 4.51. The predicted octanol–water partition coefficient (Wildman–Crippen LogP) is 2.36. The van der Waals surface area contributed by atoms with Crippen molar-refractivity contribution in [2.24, 2.45) is 0 Å². The Labute approximate surface area is 141 Å². The number of benzene rings is 2. The van der Waals surface area contributed by atoms with Crippen LogP contribution >= 0.6 is 0 Å². The molecule has 124 valence electrons. The van der Waals surface area contributed by atoms with Gasteiger partial charge in [-0.25, -0.2) is 0 Å². The number of ether oxygens (including phenoxy) is 1. The maximum absolute atomic E-state index is 12.4. The molecule has 0 saturated carbocycles. The Morgan fingerprint density at radius 2 is 2.04 bits per heavy atom. The normalized spacial score (nSPS) is 14.2. The van der Waals surface area contributed by atoms with E-state index in [2.05, 4.69) is 5.32 Å². The molecule has 2 aromatic rings. The summed E-state index contributed by atoms with van der Waals surface area (Å²) in [6.45, 7) is 2.63. The summed E-state index contributed by atoms with van der Waals surface area (Å²) < 4.78 is 5.17. The van der Waals surface area contributed by atoms with E-state index in [0.29, 0.717) is 18.7 Å². The van der Waals surface area contributed by atoms with E-state index in [1.807, 2.05) is 42.5 Å². The maximum atomic E-state index is 12.4. The molecule has 0 bridgehead atoms. The number of rotatable bonds is 5. The lowest BCUT2D eigenvalue weighted by Gasteiger charge is -2.23. The number of carbonyl (C=O) groups is 2. The molecule has 1 N–H and O–H groups in total. The first-order chi connectivity index (χ1) is 11.6. The molecule has 0 radical (unpaired) electrons. The van der Waals surface area contributed by atoms with Gasteiger partial charge in [-0.15, -0.1) is 0 Å². The lowest BCUT2D eigenvalue weighted by atomic mass is 10.1. The molecule has 1 heterocycles. The molecular weight excluding hydrogens is 304 g/mol. The van der Waals surface area contributed by atoms with E-state index < -0.39 is 6.04 Å². The standard InChI is InChI=1S/C19H20N2O3/c1-13(21-12-15-7-3-4-9-17(15)19(21)23)18(22)20-11-14-6-5-8-16(10-14)24-2/h3-10,13H,11-12H2,1-2H3,(H,20,22)/t13-/m0/s1. The van der Waals surface area contributed by atoms with Gasteiger partial charge in [0.2, 0.25) is 5.91 Å². The summed E-state index contributed by atoms with van der Waals surface area (Å²) in [5, 5.41) is 2.89. The van der Waals surface area contributed by atoms with Crippen molar-refractivity contribution in [1.82, 2.24) is 10.2 Å². The summed E-state index contributed by atoms with van der Waals surface area (Å²) in [5.41, 5.74) is 2.60. The van der Waals surface area contributed by atoms with Crippen LogP contribution in [0.3, 0.4) is 0 Å². The van der Waals surface area contributed by atoms with Crippen molar-refractivity contribution in [1.29, 1.82) is 0 Å². The van der Waals surface area contributed by atoms with Crippen molar-refractivity contribution in [3.05, 3.63) is 65.2 Å². The maximum Gasteiger partial charge on any atom is 0.255 e. The quantitative estimate of drug-likeness (QED) is 0.918. The van der Waals surface area contributed by atoms with Crippen molar-refractivity contribution in [2.45, 2.75) is 26.1 Å². The summed E-state index contributed by atoms with van der Waals surface area (Å²) in [6.07, 6.45) is 0. The van der Waals surface area contributed by atoms with Crippen LogP contribution in [0.4, 0.5) is 0 Å². The van der Waals surface area contributed by atoms with Gasteiger partial charge in [-0.05, 0) is 36.2 Å². The number of amides is 2. The fraction of sp³-hybridized carbons (Fsp3) is 0.263. The van der Waals surface area contributed by atoms with Gasteiger partial charge in [0.1, 0.15) is 11.8 Å². The van der Waals surface area contributed by atoms with E-state index >= 15 is 0 Å². The van der Waals surface area contributed by atoms with Crippen LogP contribution < -0.4 is 10.1 Å². The van der Waals surface area contributed by atoms with Gasteiger partial charge in [0.15, 0.2) is 0 Å². The molecule has 0 aliphatic carbocycles. The third kappa shape index (κ3) is 3.11. The molecule has 1 atom stereocenters. The summed E-state index contributed by atoms with van der Waals surface area (Å²) in [5.74, 6) is 0.494. The Hall–Kier alpha value is -2.82. The lowest BCUT2D eigenvalue weighted by Crippen LogP contribution is -2.45. The summed E-state index contributed by atoms with van der Waals surface area (Å²) in [7, 11) is 1.61. The van der Waals surface area contributed by atoms with Crippen molar-refractivity contribution >= 4 is 11.8 Å². The molecule has 1 aliphatic heterocycles. The molecule has 1 aliphatic rings. The van der Waals surface area contributed by atoms with Gasteiger partial charge >= 0.3 is 0 Å². The smallest absolute Gasteiger partial charge is 0.255 e. The molecule has 24 heavy (non-hydrogen) atoms. The minimum absolute atomic E-state index is 0.0883. The molecule has 0 aromatic heterocycles. The molecule has 3 rings (SSSR count). The first-order valence-corrected chi connectivity index (χ1v) is 7.89. The van der Waals surface area contributed by atoms with Gasteiger partial charge in [0, 0.05) is 18.7 Å². The Balaban J connectivity index is 1.62. The van der Waals surface area contributed by atoms with E-state index in [1.54, 1.807) is 25.0 Å². The molecule has 0 saturated heterocycles. The lowest BCUT2D eigenvalue weighted by molar-refractivity contribution is -0.125. The van der Waals surface area contributed by atoms with E-state index in [4.69, 9.17) is 4.74 Å². The second-order valence-electron chi connectivity index (χ2n) is 5.84. The highest BCUT2D eigenvalue weighted by Gasteiger charge is 2.33. The van der Waals surface area contributed by atoms with E-state index in [1.165, 1.54) is 0 Å². The van der Waals surface area contributed by atoms with Crippen LogP contribution in [0.25, 0.3) is 0 Å². The van der Waals surface area contributed by atoms with Crippen molar-refractivity contribution in [2.75, 3.05) is 7.11 Å². The zero-order chi connectivity index (χ0) is 17.1. The Bertz CT molecular complexity index is 773. The monoisotopic (exact) mass is 324 g/mol. The predicted molar refractivity (Wildman–Crippen MR) is 90.6 cm³/mol. The molecule has 2 aromatic carbocycles. The molecule has 0 unspecified atom stereocenters. The number of hydrogen-bond donors (Lipinski definition) is 1. The second-order valence-corrected chi connectivity index (χ2v) is 5.84. The van der Waals surface area contributed by atoms with Crippen LogP contribution in [-0.2, 0) is 17.9 Å². The summed E-state index contributed by atoms with van der Waals surface area (Å²) in [4.78, 5) is 26.5. The first kappa shape index (κ1) is 16.1. The number of nitrogens with zero attached hydrogens (tertiary/aromatic N) is 1. The molecule has 5 nitrogen and oxygen atoms in total. The van der Waals surface area contributed by atoms with Crippen LogP contribution in [0, 0.1) is 0 Å². The third-order valence-corrected chi connectivity index (χ3v) is 4.30. The van der Waals surface area contributed by atoms with E-state index in [-0.39, 0.29) is 11.8 Å². The van der Waals surface area contributed by atoms with Crippen LogP contribution in [-0.4, -0.2) is 29.9 Å². The van der Waals surface area contributed by atoms with Crippen molar-refractivity contribution in [3.63, 3.8) is 0 Å². The van der Waals surface area contributed by atoms with Gasteiger partial charge in [0.25, 0.3) is 5.91 Å². The van der Waals surface area contributed by atoms with Gasteiger partial charge in [-0.1, -0.05) is 30.3 Å². The number of carbonyl (C=O) groups excluding carboxylic acids is 2. The fourth-order valence-electron chi connectivity index (χ4n) is 2.85.